The average molecular weight is 555 g/mol. The van der Waals surface area contributed by atoms with Crippen molar-refractivity contribution >= 4 is 58.8 Å². The Hall–Kier alpha value is -5.00. The maximum Gasteiger partial charge on any atom is 0.270 e. The van der Waals surface area contributed by atoms with Gasteiger partial charge in [0.2, 0.25) is 0 Å². The lowest BCUT2D eigenvalue weighted by Gasteiger charge is -2.29. The maximum absolute atomic E-state index is 13.5. The Morgan fingerprint density at radius 2 is 1.46 bits per heavy atom. The lowest BCUT2D eigenvalue weighted by Crippen LogP contribution is -2.54. The average Bonchev–Trinajstić information content (AvgIpc) is 2.93. The summed E-state index contributed by atoms with van der Waals surface area (Å²) in [4.78, 5) is 38.0. The van der Waals surface area contributed by atoms with Crippen LogP contribution in [-0.4, -0.2) is 26.4 Å². The first-order valence-corrected chi connectivity index (χ1v) is 12.3. The first-order valence-electron chi connectivity index (χ1n) is 11.5. The van der Waals surface area contributed by atoms with Crippen molar-refractivity contribution in [3.05, 3.63) is 123 Å². The van der Waals surface area contributed by atoms with E-state index in [9.17, 15) is 19.7 Å². The van der Waals surface area contributed by atoms with Gasteiger partial charge in [0.05, 0.1) is 10.6 Å². The van der Waals surface area contributed by atoms with Crippen molar-refractivity contribution in [2.24, 2.45) is 0 Å². The van der Waals surface area contributed by atoms with Gasteiger partial charge in [-0.15, -0.1) is 0 Å². The molecule has 1 N–H and O–H groups in total. The highest BCUT2D eigenvalue weighted by molar-refractivity contribution is 7.80. The summed E-state index contributed by atoms with van der Waals surface area (Å²) in [5.74, 6) is -0.0251. The van der Waals surface area contributed by atoms with Crippen molar-refractivity contribution in [3.63, 3.8) is 0 Å². The Bertz CT molecular complexity index is 1700. The number of carbonyl (C=O) groups excluding carboxylic acids is 2. The summed E-state index contributed by atoms with van der Waals surface area (Å²) in [5, 5.41) is 13.5. The molecule has 0 unspecified atom stereocenters. The van der Waals surface area contributed by atoms with Crippen LogP contribution in [0.4, 0.5) is 11.4 Å². The van der Waals surface area contributed by atoms with Gasteiger partial charge in [-0.3, -0.25) is 29.9 Å². The van der Waals surface area contributed by atoms with Crippen molar-refractivity contribution < 1.29 is 19.2 Å². The summed E-state index contributed by atoms with van der Waals surface area (Å²) >= 11 is 10.9. The molecule has 3 aromatic carbocycles. The van der Waals surface area contributed by atoms with E-state index in [2.05, 4.69) is 5.32 Å². The van der Waals surface area contributed by atoms with Gasteiger partial charge in [-0.2, -0.15) is 0 Å². The number of hydrogen-bond donors (Lipinski definition) is 1. The van der Waals surface area contributed by atoms with Gasteiger partial charge in [-0.1, -0.05) is 36.5 Å². The zero-order chi connectivity index (χ0) is 27.5. The highest BCUT2D eigenvalue weighted by Gasteiger charge is 2.34. The molecule has 1 saturated heterocycles. The number of nitrogens with one attached hydrogen (secondary N) is 1. The van der Waals surface area contributed by atoms with Gasteiger partial charge in [0.15, 0.2) is 5.11 Å². The standard InChI is InChI=1S/C28H18N4O5S2/c33-25-24(17-18-5-4-16-30(27(18)38)19-8-10-21(11-9-19)32(35)36)26(34)31(28(39)29-25)20-12-14-23(15-13-20)37-22-6-2-1-3-7-22/h1-17H,(H,29,33,39)/b24-17+. The lowest BCUT2D eigenvalue weighted by molar-refractivity contribution is -0.384. The minimum absolute atomic E-state index is 0.0496. The number of aromatic nitrogens is 1. The minimum Gasteiger partial charge on any atom is -0.457 e. The number of para-hydroxylation sites is 1. The number of rotatable bonds is 6. The molecule has 1 aliphatic rings. The third kappa shape index (κ3) is 5.35. The minimum atomic E-state index is -0.648. The molecule has 0 spiro atoms. The molecule has 0 radical (unpaired) electrons. The van der Waals surface area contributed by atoms with Gasteiger partial charge in [0, 0.05) is 29.6 Å². The van der Waals surface area contributed by atoms with Crippen molar-refractivity contribution in [1.29, 1.82) is 0 Å². The second kappa shape index (κ2) is 10.8. The van der Waals surface area contributed by atoms with Crippen LogP contribution in [0.2, 0.25) is 0 Å². The SMILES string of the molecule is O=C1NC(=S)N(c2ccc(Oc3ccccc3)cc2)C(=O)/C1=C/c1cccn(-c2ccc([N+](=O)[O-])cc2)c1=S. The molecule has 2 heterocycles. The molecule has 1 aliphatic heterocycles. The predicted molar refractivity (Wildman–Crippen MR) is 152 cm³/mol. The number of carbonyl (C=O) groups is 2. The molecule has 2 amide bonds. The van der Waals surface area contributed by atoms with Gasteiger partial charge in [-0.25, -0.2) is 0 Å². The number of nitrogens with zero attached hydrogens (tertiary/aromatic N) is 3. The van der Waals surface area contributed by atoms with Crippen LogP contribution >= 0.6 is 24.4 Å². The second-order valence-corrected chi connectivity index (χ2v) is 9.05. The summed E-state index contributed by atoms with van der Waals surface area (Å²) in [6.07, 6.45) is 3.10. The molecule has 0 atom stereocenters. The molecule has 0 bridgehead atoms. The molecule has 192 valence electrons. The second-order valence-electron chi connectivity index (χ2n) is 8.28. The van der Waals surface area contributed by atoms with E-state index >= 15 is 0 Å². The Balaban J connectivity index is 1.44. The molecule has 9 nitrogen and oxygen atoms in total. The van der Waals surface area contributed by atoms with Gasteiger partial charge in [0.25, 0.3) is 17.5 Å². The quantitative estimate of drug-likeness (QED) is 0.107. The van der Waals surface area contributed by atoms with Gasteiger partial charge < -0.3 is 9.30 Å². The molecule has 4 aromatic rings. The number of ether oxygens (including phenoxy) is 1. The first kappa shape index (κ1) is 25.6. The molecule has 11 heteroatoms. The summed E-state index contributed by atoms with van der Waals surface area (Å²) in [5.41, 5.74) is 1.27. The van der Waals surface area contributed by atoms with Crippen molar-refractivity contribution in [2.45, 2.75) is 0 Å². The van der Waals surface area contributed by atoms with Crippen LogP contribution in [0, 0.1) is 14.8 Å². The number of thiocarbonyl (C=S) groups is 1. The van der Waals surface area contributed by atoms with E-state index in [-0.39, 0.29) is 16.4 Å². The number of nitro groups is 1. The molecule has 5 rings (SSSR count). The Kier molecular flexibility index (Phi) is 7.08. The Labute approximate surface area is 232 Å². The van der Waals surface area contributed by atoms with E-state index in [0.29, 0.717) is 33.1 Å². The van der Waals surface area contributed by atoms with Gasteiger partial charge in [0.1, 0.15) is 21.7 Å². The fraction of sp³-hybridized carbons (Fsp3) is 0. The Morgan fingerprint density at radius 3 is 2.13 bits per heavy atom. The third-order valence-corrected chi connectivity index (χ3v) is 6.51. The smallest absolute Gasteiger partial charge is 0.270 e. The summed E-state index contributed by atoms with van der Waals surface area (Å²) in [7, 11) is 0. The maximum atomic E-state index is 13.5. The van der Waals surface area contributed by atoms with E-state index in [1.165, 1.54) is 23.1 Å². The number of benzene rings is 3. The molecule has 1 fully saturated rings. The van der Waals surface area contributed by atoms with Gasteiger partial charge >= 0.3 is 0 Å². The van der Waals surface area contributed by atoms with Crippen LogP contribution in [-0.2, 0) is 9.59 Å². The number of hydrogen-bond acceptors (Lipinski definition) is 7. The summed E-state index contributed by atoms with van der Waals surface area (Å²) < 4.78 is 7.74. The van der Waals surface area contributed by atoms with Crippen LogP contribution in [0.15, 0.2) is 103 Å². The zero-order valence-electron chi connectivity index (χ0n) is 20.0. The molecule has 0 saturated carbocycles. The summed E-state index contributed by atoms with van der Waals surface area (Å²) in [6, 6.07) is 25.2. The van der Waals surface area contributed by atoms with E-state index in [0.717, 1.165) is 0 Å². The molecular formula is C28H18N4O5S2. The number of amides is 2. The van der Waals surface area contributed by atoms with Crippen LogP contribution in [0.3, 0.4) is 0 Å². The van der Waals surface area contributed by atoms with Crippen molar-refractivity contribution in [2.75, 3.05) is 4.90 Å². The molecule has 0 aliphatic carbocycles. The van der Waals surface area contributed by atoms with Crippen molar-refractivity contribution in [1.82, 2.24) is 9.88 Å². The lowest BCUT2D eigenvalue weighted by atomic mass is 10.1. The van der Waals surface area contributed by atoms with Crippen LogP contribution in [0.1, 0.15) is 5.56 Å². The van der Waals surface area contributed by atoms with E-state index in [1.54, 1.807) is 59.3 Å². The Morgan fingerprint density at radius 1 is 0.821 bits per heavy atom. The number of pyridine rings is 1. The summed E-state index contributed by atoms with van der Waals surface area (Å²) in [6.45, 7) is 0. The number of non-ortho nitro benzene ring substituents is 1. The highest BCUT2D eigenvalue weighted by Crippen LogP contribution is 2.27. The van der Waals surface area contributed by atoms with Crippen molar-refractivity contribution in [3.8, 4) is 17.2 Å². The third-order valence-electron chi connectivity index (χ3n) is 5.79. The largest absolute Gasteiger partial charge is 0.457 e. The van der Waals surface area contributed by atoms with Gasteiger partial charge in [-0.05, 0) is 72.9 Å². The van der Waals surface area contributed by atoms with Crippen LogP contribution < -0.4 is 15.0 Å². The van der Waals surface area contributed by atoms with E-state index in [1.807, 2.05) is 30.3 Å². The molecule has 1 aromatic heterocycles. The van der Waals surface area contributed by atoms with E-state index in [4.69, 9.17) is 29.2 Å². The molecule has 39 heavy (non-hydrogen) atoms. The van der Waals surface area contributed by atoms with Crippen LogP contribution in [0.25, 0.3) is 11.8 Å². The number of nitro benzene ring substituents is 1. The predicted octanol–water partition coefficient (Wildman–Crippen LogP) is 5.74. The monoisotopic (exact) mass is 554 g/mol. The highest BCUT2D eigenvalue weighted by atomic mass is 32.1. The zero-order valence-corrected chi connectivity index (χ0v) is 21.6. The molecular weight excluding hydrogens is 536 g/mol. The fourth-order valence-electron chi connectivity index (χ4n) is 3.89. The van der Waals surface area contributed by atoms with E-state index < -0.39 is 16.7 Å². The fourth-order valence-corrected chi connectivity index (χ4v) is 4.47. The van der Waals surface area contributed by atoms with Crippen LogP contribution in [0.5, 0.6) is 11.5 Å². The topological polar surface area (TPSA) is 107 Å². The first-order chi connectivity index (χ1) is 18.8. The number of anilines is 1. The normalized spacial score (nSPS) is 14.3.